The number of amides is 1. The fourth-order valence-corrected chi connectivity index (χ4v) is 1.79. The Hall–Kier alpha value is -2.69. The van der Waals surface area contributed by atoms with Gasteiger partial charge in [-0.25, -0.2) is 0 Å². The normalized spacial score (nSPS) is 10.1. The highest BCUT2D eigenvalue weighted by Crippen LogP contribution is 2.22. The molecule has 0 radical (unpaired) electrons. The second kappa shape index (κ2) is 5.52. The van der Waals surface area contributed by atoms with E-state index >= 15 is 0 Å². The van der Waals surface area contributed by atoms with Gasteiger partial charge in [0, 0.05) is 37.1 Å². The minimum absolute atomic E-state index is 0.155. The van der Waals surface area contributed by atoms with Gasteiger partial charge in [-0.1, -0.05) is 6.07 Å². The van der Waals surface area contributed by atoms with E-state index in [1.807, 2.05) is 37.2 Å². The Morgan fingerprint density at radius 1 is 1.05 bits per heavy atom. The van der Waals surface area contributed by atoms with Crippen LogP contribution in [-0.4, -0.2) is 30.2 Å². The number of rotatable bonds is 3. The van der Waals surface area contributed by atoms with Gasteiger partial charge in [0.15, 0.2) is 0 Å². The van der Waals surface area contributed by atoms with Crippen LogP contribution in [0.4, 0.5) is 11.4 Å². The molecule has 0 aliphatic heterocycles. The zero-order valence-corrected chi connectivity index (χ0v) is 11.3. The van der Waals surface area contributed by atoms with Gasteiger partial charge in [-0.3, -0.25) is 4.79 Å². The lowest BCUT2D eigenvalue weighted by Crippen LogP contribution is -2.13. The van der Waals surface area contributed by atoms with E-state index < -0.39 is 5.91 Å². The molecule has 0 spiro atoms. The molecule has 5 heteroatoms. The number of phenolic OH excluding ortho intramolecular Hbond substituents is 2. The van der Waals surface area contributed by atoms with Crippen molar-refractivity contribution in [3.8, 4) is 11.5 Å². The molecular formula is C15H16N2O3. The van der Waals surface area contributed by atoms with Crippen LogP contribution in [0.1, 0.15) is 10.4 Å². The topological polar surface area (TPSA) is 72.8 Å². The summed E-state index contributed by atoms with van der Waals surface area (Å²) >= 11 is 0. The predicted molar refractivity (Wildman–Crippen MR) is 78.5 cm³/mol. The molecule has 0 aliphatic carbocycles. The summed E-state index contributed by atoms with van der Waals surface area (Å²) in [5.41, 5.74) is 1.79. The fourth-order valence-electron chi connectivity index (χ4n) is 1.79. The maximum atomic E-state index is 12.1. The van der Waals surface area contributed by atoms with E-state index in [0.717, 1.165) is 5.69 Å². The first-order chi connectivity index (χ1) is 9.45. The fraction of sp³-hybridized carbons (Fsp3) is 0.133. The molecule has 0 saturated heterocycles. The van der Waals surface area contributed by atoms with Crippen LogP contribution in [0.15, 0.2) is 42.5 Å². The van der Waals surface area contributed by atoms with Crippen molar-refractivity contribution in [2.75, 3.05) is 24.3 Å². The molecule has 0 heterocycles. The average molecular weight is 272 g/mol. The number of nitrogens with zero attached hydrogens (tertiary/aromatic N) is 1. The summed E-state index contributed by atoms with van der Waals surface area (Å²) in [4.78, 5) is 14.0. The number of anilines is 2. The van der Waals surface area contributed by atoms with Crippen LogP contribution in [0.2, 0.25) is 0 Å². The van der Waals surface area contributed by atoms with Gasteiger partial charge in [0.1, 0.15) is 11.5 Å². The predicted octanol–water partition coefficient (Wildman–Crippen LogP) is 2.42. The van der Waals surface area contributed by atoms with Gasteiger partial charge >= 0.3 is 0 Å². The van der Waals surface area contributed by atoms with Crippen molar-refractivity contribution in [3.05, 3.63) is 48.0 Å². The van der Waals surface area contributed by atoms with Gasteiger partial charge < -0.3 is 20.4 Å². The molecule has 0 saturated carbocycles. The molecule has 0 atom stereocenters. The lowest BCUT2D eigenvalue weighted by molar-refractivity contribution is 0.102. The Bertz CT molecular complexity index is 619. The highest BCUT2D eigenvalue weighted by Gasteiger charge is 2.09. The van der Waals surface area contributed by atoms with Crippen LogP contribution in [0, 0.1) is 0 Å². The summed E-state index contributed by atoms with van der Waals surface area (Å²) in [5.74, 6) is -0.707. The molecule has 3 N–H and O–H groups in total. The molecule has 1 amide bonds. The van der Waals surface area contributed by atoms with Crippen LogP contribution in [0.25, 0.3) is 0 Å². The zero-order chi connectivity index (χ0) is 14.7. The molecule has 0 fully saturated rings. The van der Waals surface area contributed by atoms with E-state index in [0.29, 0.717) is 5.69 Å². The first-order valence-electron chi connectivity index (χ1n) is 6.07. The standard InChI is InChI=1S/C15H16N2O3/c1-17(2)12-5-3-4-11(8-12)16-15(20)10-6-13(18)9-14(19)7-10/h3-9,18-19H,1-2H3,(H,16,20). The minimum atomic E-state index is -0.396. The number of carbonyl (C=O) groups is 1. The number of nitrogens with one attached hydrogen (secondary N) is 1. The summed E-state index contributed by atoms with van der Waals surface area (Å²) in [6.07, 6.45) is 0. The Morgan fingerprint density at radius 3 is 2.30 bits per heavy atom. The molecule has 20 heavy (non-hydrogen) atoms. The molecule has 2 aromatic rings. The van der Waals surface area contributed by atoms with Gasteiger partial charge in [-0.2, -0.15) is 0 Å². The third kappa shape index (κ3) is 3.20. The van der Waals surface area contributed by atoms with E-state index in [4.69, 9.17) is 0 Å². The van der Waals surface area contributed by atoms with E-state index in [-0.39, 0.29) is 17.1 Å². The van der Waals surface area contributed by atoms with E-state index in [1.165, 1.54) is 18.2 Å². The van der Waals surface area contributed by atoms with Crippen molar-refractivity contribution < 1.29 is 15.0 Å². The Labute approximate surface area is 117 Å². The summed E-state index contributed by atoms with van der Waals surface area (Å²) in [6.45, 7) is 0. The van der Waals surface area contributed by atoms with E-state index in [9.17, 15) is 15.0 Å². The highest BCUT2D eigenvalue weighted by molar-refractivity contribution is 6.05. The number of hydrogen-bond acceptors (Lipinski definition) is 4. The lowest BCUT2D eigenvalue weighted by Gasteiger charge is -2.14. The first kappa shape index (κ1) is 13.7. The summed E-state index contributed by atoms with van der Waals surface area (Å²) in [6, 6.07) is 11.1. The van der Waals surface area contributed by atoms with E-state index in [1.54, 1.807) is 6.07 Å². The molecular weight excluding hydrogens is 256 g/mol. The SMILES string of the molecule is CN(C)c1cccc(NC(=O)c2cc(O)cc(O)c2)c1. The smallest absolute Gasteiger partial charge is 0.255 e. The molecule has 5 nitrogen and oxygen atoms in total. The van der Waals surface area contributed by atoms with E-state index in [2.05, 4.69) is 5.32 Å². The number of benzene rings is 2. The van der Waals surface area contributed by atoms with Crippen molar-refractivity contribution in [3.63, 3.8) is 0 Å². The monoisotopic (exact) mass is 272 g/mol. The quantitative estimate of drug-likeness (QED) is 0.802. The molecule has 0 aromatic heterocycles. The van der Waals surface area contributed by atoms with Gasteiger partial charge in [0.05, 0.1) is 0 Å². The van der Waals surface area contributed by atoms with Crippen LogP contribution >= 0.6 is 0 Å². The van der Waals surface area contributed by atoms with Gasteiger partial charge in [-0.15, -0.1) is 0 Å². The van der Waals surface area contributed by atoms with Crippen LogP contribution in [0.3, 0.4) is 0 Å². The maximum absolute atomic E-state index is 12.1. The van der Waals surface area contributed by atoms with Gasteiger partial charge in [0.2, 0.25) is 0 Å². The average Bonchev–Trinajstić information content (AvgIpc) is 2.37. The maximum Gasteiger partial charge on any atom is 0.255 e. The zero-order valence-electron chi connectivity index (χ0n) is 11.3. The largest absolute Gasteiger partial charge is 0.508 e. The van der Waals surface area contributed by atoms with Crippen molar-refractivity contribution in [2.24, 2.45) is 0 Å². The lowest BCUT2D eigenvalue weighted by atomic mass is 10.2. The third-order valence-electron chi connectivity index (χ3n) is 2.79. The number of aromatic hydroxyl groups is 2. The number of hydrogen-bond donors (Lipinski definition) is 3. The molecule has 0 unspecified atom stereocenters. The van der Waals surface area contributed by atoms with Crippen LogP contribution in [0.5, 0.6) is 11.5 Å². The molecule has 104 valence electrons. The highest BCUT2D eigenvalue weighted by atomic mass is 16.3. The second-order valence-electron chi connectivity index (χ2n) is 4.64. The molecule has 0 bridgehead atoms. The van der Waals surface area contributed by atoms with Crippen molar-refractivity contribution in [1.82, 2.24) is 0 Å². The van der Waals surface area contributed by atoms with Crippen LogP contribution < -0.4 is 10.2 Å². The van der Waals surface area contributed by atoms with Gasteiger partial charge in [-0.05, 0) is 30.3 Å². The molecule has 0 aliphatic rings. The second-order valence-corrected chi connectivity index (χ2v) is 4.64. The Balaban J connectivity index is 2.21. The van der Waals surface area contributed by atoms with Crippen LogP contribution in [-0.2, 0) is 0 Å². The number of phenols is 2. The first-order valence-corrected chi connectivity index (χ1v) is 6.07. The summed E-state index contributed by atoms with van der Waals surface area (Å²) in [7, 11) is 3.82. The molecule has 2 rings (SSSR count). The summed E-state index contributed by atoms with van der Waals surface area (Å²) in [5, 5.41) is 21.5. The minimum Gasteiger partial charge on any atom is -0.508 e. The van der Waals surface area contributed by atoms with Crippen molar-refractivity contribution in [1.29, 1.82) is 0 Å². The van der Waals surface area contributed by atoms with Crippen molar-refractivity contribution in [2.45, 2.75) is 0 Å². The third-order valence-corrected chi connectivity index (χ3v) is 2.79. The Morgan fingerprint density at radius 2 is 1.70 bits per heavy atom. The summed E-state index contributed by atoms with van der Waals surface area (Å²) < 4.78 is 0. The number of carbonyl (C=O) groups excluding carboxylic acids is 1. The van der Waals surface area contributed by atoms with Crippen molar-refractivity contribution >= 4 is 17.3 Å². The Kier molecular flexibility index (Phi) is 3.79. The molecule has 2 aromatic carbocycles. The van der Waals surface area contributed by atoms with Gasteiger partial charge in [0.25, 0.3) is 5.91 Å².